The molecule has 0 fully saturated rings. The van der Waals surface area contributed by atoms with Crippen LogP contribution in [0.1, 0.15) is 5.56 Å². The Morgan fingerprint density at radius 3 is 2.50 bits per heavy atom. The molecule has 0 heterocycles. The summed E-state index contributed by atoms with van der Waals surface area (Å²) < 4.78 is 48.7. The first-order valence-electron chi connectivity index (χ1n) is 5.07. The summed E-state index contributed by atoms with van der Waals surface area (Å²) in [6.45, 7) is -1.17. The van der Waals surface area contributed by atoms with Gasteiger partial charge in [-0.15, -0.1) is 13.2 Å². The number of halogens is 3. The van der Waals surface area contributed by atoms with Crippen LogP contribution in [0.2, 0.25) is 0 Å². The average molecular weight is 266 g/mol. The van der Waals surface area contributed by atoms with E-state index in [1.165, 1.54) is 13.2 Å². The van der Waals surface area contributed by atoms with Crippen LogP contribution in [0.4, 0.5) is 13.2 Å². The van der Waals surface area contributed by atoms with Crippen molar-refractivity contribution in [2.24, 2.45) is 0 Å². The number of benzene rings is 1. The molecular weight excluding hydrogens is 253 g/mol. The van der Waals surface area contributed by atoms with Gasteiger partial charge in [-0.3, -0.25) is 4.74 Å². The summed E-state index contributed by atoms with van der Waals surface area (Å²) >= 11 is 0. The number of hydrogen-bond acceptors (Lipinski definition) is 4. The van der Waals surface area contributed by atoms with Crippen LogP contribution in [0.25, 0.3) is 0 Å². The molecule has 1 rings (SSSR count). The van der Waals surface area contributed by atoms with E-state index in [-0.39, 0.29) is 13.2 Å². The first-order chi connectivity index (χ1) is 8.46. The van der Waals surface area contributed by atoms with Gasteiger partial charge in [0.15, 0.2) is 0 Å². The number of alkyl halides is 3. The maximum absolute atomic E-state index is 11.7. The molecule has 0 saturated heterocycles. The van der Waals surface area contributed by atoms with E-state index < -0.39 is 13.0 Å². The Labute approximate surface area is 102 Å². The molecule has 0 unspecified atom stereocenters. The molecule has 0 aliphatic heterocycles. The van der Waals surface area contributed by atoms with Crippen molar-refractivity contribution in [3.63, 3.8) is 0 Å². The summed E-state index contributed by atoms with van der Waals surface area (Å²) in [5, 5.41) is 9.08. The third-order valence-corrected chi connectivity index (χ3v) is 2.04. The summed E-state index contributed by atoms with van der Waals surface area (Å²) in [7, 11) is 1.47. The summed E-state index contributed by atoms with van der Waals surface area (Å²) in [5.41, 5.74) is 0.432. The summed E-state index contributed by atoms with van der Waals surface area (Å²) in [6.07, 6.45) is -4.66. The highest BCUT2D eigenvalue weighted by molar-refractivity contribution is 5.39. The molecule has 4 nitrogen and oxygen atoms in total. The Bertz CT molecular complexity index is 379. The van der Waals surface area contributed by atoms with E-state index in [1.54, 1.807) is 12.1 Å². The quantitative estimate of drug-likeness (QED) is 0.801. The zero-order chi connectivity index (χ0) is 13.6. The van der Waals surface area contributed by atoms with Crippen LogP contribution in [0.3, 0.4) is 0 Å². The van der Waals surface area contributed by atoms with Gasteiger partial charge in [0.05, 0.1) is 20.3 Å². The first-order valence-corrected chi connectivity index (χ1v) is 5.07. The molecule has 18 heavy (non-hydrogen) atoms. The van der Waals surface area contributed by atoms with Crippen molar-refractivity contribution in [1.29, 1.82) is 0 Å². The number of aliphatic hydroxyl groups excluding tert-OH is 1. The highest BCUT2D eigenvalue weighted by atomic mass is 19.4. The highest BCUT2D eigenvalue weighted by Crippen LogP contribution is 2.24. The smallest absolute Gasteiger partial charge is 0.497 e. The molecule has 0 atom stereocenters. The minimum absolute atomic E-state index is 0.265. The Kier molecular flexibility index (Phi) is 5.24. The fourth-order valence-corrected chi connectivity index (χ4v) is 1.26. The molecule has 1 N–H and O–H groups in total. The molecule has 7 heteroatoms. The Morgan fingerprint density at radius 2 is 1.94 bits per heavy atom. The third kappa shape index (κ3) is 4.80. The molecular formula is C11H13F3O4. The number of rotatable bonds is 6. The second kappa shape index (κ2) is 6.46. The molecule has 0 aliphatic carbocycles. The predicted molar refractivity (Wildman–Crippen MR) is 56.4 cm³/mol. The lowest BCUT2D eigenvalue weighted by atomic mass is 10.2. The van der Waals surface area contributed by atoms with Gasteiger partial charge < -0.3 is 14.6 Å². The second-order valence-electron chi connectivity index (χ2n) is 3.27. The molecule has 0 saturated carbocycles. The van der Waals surface area contributed by atoms with E-state index in [2.05, 4.69) is 4.74 Å². The topological polar surface area (TPSA) is 47.9 Å². The molecule has 102 valence electrons. The molecule has 0 bridgehead atoms. The lowest BCUT2D eigenvalue weighted by Crippen LogP contribution is -2.18. The van der Waals surface area contributed by atoms with E-state index in [4.69, 9.17) is 14.6 Å². The van der Waals surface area contributed by atoms with Gasteiger partial charge in [-0.2, -0.15) is 0 Å². The highest BCUT2D eigenvalue weighted by Gasteiger charge is 2.28. The Balaban J connectivity index is 2.51. The number of ether oxygens (including phenoxy) is 3. The van der Waals surface area contributed by atoms with Crippen molar-refractivity contribution in [3.05, 3.63) is 23.8 Å². The lowest BCUT2D eigenvalue weighted by molar-refractivity contribution is -0.325. The fraction of sp³-hybridized carbons (Fsp3) is 0.455. The van der Waals surface area contributed by atoms with Crippen LogP contribution in [0.5, 0.6) is 11.5 Å². The van der Waals surface area contributed by atoms with Crippen LogP contribution < -0.4 is 9.47 Å². The zero-order valence-electron chi connectivity index (χ0n) is 9.66. The first kappa shape index (κ1) is 14.6. The van der Waals surface area contributed by atoms with E-state index >= 15 is 0 Å². The summed E-state index contributed by atoms with van der Waals surface area (Å²) in [6, 6.07) is 4.64. The van der Waals surface area contributed by atoms with Crippen molar-refractivity contribution in [2.45, 2.75) is 13.0 Å². The number of methoxy groups -OCH3 is 1. The normalized spacial score (nSPS) is 11.4. The van der Waals surface area contributed by atoms with Gasteiger partial charge >= 0.3 is 6.36 Å². The van der Waals surface area contributed by atoms with Crippen molar-refractivity contribution >= 4 is 0 Å². The maximum Gasteiger partial charge on any atom is 0.522 e. The van der Waals surface area contributed by atoms with Crippen molar-refractivity contribution in [3.8, 4) is 11.5 Å². The molecule has 0 amide bonds. The molecule has 0 radical (unpaired) electrons. The van der Waals surface area contributed by atoms with Crippen molar-refractivity contribution in [1.82, 2.24) is 0 Å². The van der Waals surface area contributed by atoms with E-state index in [0.717, 1.165) is 0 Å². The number of aliphatic hydroxyl groups is 1. The van der Waals surface area contributed by atoms with Crippen molar-refractivity contribution < 1.29 is 32.5 Å². The zero-order valence-corrected chi connectivity index (χ0v) is 9.66. The van der Waals surface area contributed by atoms with Gasteiger partial charge in [-0.25, -0.2) is 0 Å². The minimum atomic E-state index is -4.66. The van der Waals surface area contributed by atoms with Gasteiger partial charge in [-0.05, 0) is 18.2 Å². The monoisotopic (exact) mass is 266 g/mol. The Hall–Kier alpha value is -1.47. The van der Waals surface area contributed by atoms with E-state index in [1.807, 2.05) is 0 Å². The third-order valence-electron chi connectivity index (χ3n) is 2.04. The SMILES string of the molecule is COc1ccc(OCCOC(F)(F)F)c(CO)c1. The summed E-state index contributed by atoms with van der Waals surface area (Å²) in [5.74, 6) is 0.821. The average Bonchev–Trinajstić information content (AvgIpc) is 2.33. The molecule has 1 aromatic rings. The lowest BCUT2D eigenvalue weighted by Gasteiger charge is -2.12. The largest absolute Gasteiger partial charge is 0.522 e. The van der Waals surface area contributed by atoms with Crippen LogP contribution in [0, 0.1) is 0 Å². The molecule has 0 aliphatic rings. The van der Waals surface area contributed by atoms with E-state index in [9.17, 15) is 13.2 Å². The van der Waals surface area contributed by atoms with Crippen LogP contribution in [-0.4, -0.2) is 31.8 Å². The van der Waals surface area contributed by atoms with Gasteiger partial charge in [0.2, 0.25) is 0 Å². The van der Waals surface area contributed by atoms with Gasteiger partial charge in [0, 0.05) is 5.56 Å². The van der Waals surface area contributed by atoms with Gasteiger partial charge in [-0.1, -0.05) is 0 Å². The second-order valence-corrected chi connectivity index (χ2v) is 3.27. The molecule has 0 spiro atoms. The molecule has 1 aromatic carbocycles. The van der Waals surface area contributed by atoms with Crippen LogP contribution >= 0.6 is 0 Å². The number of hydrogen-bond donors (Lipinski definition) is 1. The predicted octanol–water partition coefficient (Wildman–Crippen LogP) is 2.10. The Morgan fingerprint density at radius 1 is 1.22 bits per heavy atom. The standard InChI is InChI=1S/C11H13F3O4/c1-16-9-2-3-10(8(6-9)7-15)17-4-5-18-11(12,13)14/h2-3,6,15H,4-5,7H2,1H3. The fourth-order valence-electron chi connectivity index (χ4n) is 1.26. The van der Waals surface area contributed by atoms with E-state index in [0.29, 0.717) is 17.1 Å². The van der Waals surface area contributed by atoms with Gasteiger partial charge in [0.25, 0.3) is 0 Å². The minimum Gasteiger partial charge on any atom is -0.497 e. The van der Waals surface area contributed by atoms with Crippen LogP contribution in [-0.2, 0) is 11.3 Å². The van der Waals surface area contributed by atoms with Crippen molar-refractivity contribution in [2.75, 3.05) is 20.3 Å². The van der Waals surface area contributed by atoms with Crippen LogP contribution in [0.15, 0.2) is 18.2 Å². The van der Waals surface area contributed by atoms with Gasteiger partial charge in [0.1, 0.15) is 18.1 Å². The maximum atomic E-state index is 11.7. The summed E-state index contributed by atoms with van der Waals surface area (Å²) in [4.78, 5) is 0. The molecule has 0 aromatic heterocycles.